The molecule has 1 aliphatic rings. The number of fused-ring (bicyclic) bond motifs is 1. The number of nitrogens with zero attached hydrogens (tertiary/aromatic N) is 2. The summed E-state index contributed by atoms with van der Waals surface area (Å²) in [4.78, 5) is 36.5. The number of hydrogen-bond acceptors (Lipinski definition) is 4. The van der Waals surface area contributed by atoms with E-state index in [0.717, 1.165) is 0 Å². The smallest absolute Gasteiger partial charge is 0.309 e. The second-order valence-corrected chi connectivity index (χ2v) is 4.36. The van der Waals surface area contributed by atoms with Crippen LogP contribution in [0.25, 0.3) is 0 Å². The number of amides is 1. The summed E-state index contributed by atoms with van der Waals surface area (Å²) in [5, 5.41) is 0. The molecule has 1 aliphatic heterocycles. The summed E-state index contributed by atoms with van der Waals surface area (Å²) in [6.07, 6.45) is 0. The highest BCUT2D eigenvalue weighted by Crippen LogP contribution is 2.30. The Labute approximate surface area is 104 Å². The van der Waals surface area contributed by atoms with Crippen molar-refractivity contribution in [2.45, 2.75) is 19.9 Å². The number of pyridine rings is 1. The van der Waals surface area contributed by atoms with Crippen LogP contribution in [0.15, 0.2) is 10.9 Å². The van der Waals surface area contributed by atoms with Gasteiger partial charge in [0, 0.05) is 27.1 Å². The van der Waals surface area contributed by atoms with Crippen LogP contribution in [0.3, 0.4) is 0 Å². The highest BCUT2D eigenvalue weighted by atomic mass is 16.5. The molecule has 0 aromatic carbocycles. The highest BCUT2D eigenvalue weighted by molar-refractivity contribution is 5.99. The molecule has 1 aromatic rings. The largest absolute Gasteiger partial charge is 0.409 e. The molecule has 0 N–H and O–H groups in total. The fourth-order valence-corrected chi connectivity index (χ4v) is 2.08. The second kappa shape index (κ2) is 3.97. The van der Waals surface area contributed by atoms with Crippen molar-refractivity contribution in [3.05, 3.63) is 27.5 Å². The summed E-state index contributed by atoms with van der Waals surface area (Å²) in [6.45, 7) is 3.03. The number of carbonyl (C=O) groups is 2. The molecule has 1 amide bonds. The predicted molar refractivity (Wildman–Crippen MR) is 63.5 cm³/mol. The number of rotatable bonds is 1. The third kappa shape index (κ3) is 1.61. The first-order valence-electron chi connectivity index (χ1n) is 5.54. The number of hydrogen-bond donors (Lipinski definition) is 0. The Morgan fingerprint density at radius 3 is 2.50 bits per heavy atom. The van der Waals surface area contributed by atoms with E-state index in [1.54, 1.807) is 14.0 Å². The van der Waals surface area contributed by atoms with Gasteiger partial charge in [-0.2, -0.15) is 0 Å². The Morgan fingerprint density at radius 2 is 1.94 bits per heavy atom. The highest BCUT2D eigenvalue weighted by Gasteiger charge is 2.35. The van der Waals surface area contributed by atoms with Gasteiger partial charge in [0.15, 0.2) is 0 Å². The normalized spacial score (nSPS) is 17.9. The average molecular weight is 250 g/mol. The van der Waals surface area contributed by atoms with E-state index in [1.165, 1.54) is 29.5 Å². The Kier molecular flexibility index (Phi) is 2.73. The second-order valence-electron chi connectivity index (χ2n) is 4.36. The van der Waals surface area contributed by atoms with E-state index < -0.39 is 5.97 Å². The van der Waals surface area contributed by atoms with E-state index in [0.29, 0.717) is 11.1 Å². The molecule has 0 unspecified atom stereocenters. The maximum Gasteiger partial charge on any atom is 0.309 e. The van der Waals surface area contributed by atoms with E-state index in [-0.39, 0.29) is 23.4 Å². The molecular formula is C12H14N2O4. The van der Waals surface area contributed by atoms with Gasteiger partial charge in [0.2, 0.25) is 5.88 Å². The summed E-state index contributed by atoms with van der Waals surface area (Å²) in [7, 11) is 3.15. The lowest BCUT2D eigenvalue weighted by Gasteiger charge is -2.14. The average Bonchev–Trinajstić information content (AvgIpc) is 2.50. The zero-order chi connectivity index (χ0) is 13.6. The quantitative estimate of drug-likeness (QED) is 0.679. The minimum Gasteiger partial charge on any atom is -0.409 e. The molecule has 0 saturated carbocycles. The number of esters is 1. The van der Waals surface area contributed by atoms with Crippen molar-refractivity contribution in [1.82, 2.24) is 9.47 Å². The maximum absolute atomic E-state index is 12.2. The van der Waals surface area contributed by atoms with E-state index in [1.807, 2.05) is 0 Å². The molecule has 0 bridgehead atoms. The van der Waals surface area contributed by atoms with Gasteiger partial charge in [-0.1, -0.05) is 0 Å². The lowest BCUT2D eigenvalue weighted by atomic mass is 10.1. The van der Waals surface area contributed by atoms with Crippen LogP contribution in [0.4, 0.5) is 0 Å². The van der Waals surface area contributed by atoms with Crippen LogP contribution in [0.2, 0.25) is 0 Å². The third-order valence-electron chi connectivity index (χ3n) is 3.22. The van der Waals surface area contributed by atoms with Crippen LogP contribution >= 0.6 is 0 Å². The minimum atomic E-state index is -0.531. The molecule has 0 fully saturated rings. The summed E-state index contributed by atoms with van der Waals surface area (Å²) in [6, 6.07) is 1.18. The lowest BCUT2D eigenvalue weighted by Crippen LogP contribution is -2.26. The Bertz CT molecular complexity index is 603. The third-order valence-corrected chi connectivity index (χ3v) is 3.22. The standard InChI is InChI=1S/C12H14N2O4/c1-6-10-8(11(16)13(6)3)5-9(18-7(2)15)14(4)12(10)17/h5-6H,1-4H3/t6-/m1/s1. The molecule has 1 aromatic heterocycles. The fraction of sp³-hybridized carbons (Fsp3) is 0.417. The summed E-state index contributed by atoms with van der Waals surface area (Å²) >= 11 is 0. The van der Waals surface area contributed by atoms with E-state index in [2.05, 4.69) is 0 Å². The van der Waals surface area contributed by atoms with Crippen molar-refractivity contribution in [3.8, 4) is 5.88 Å². The molecule has 2 heterocycles. The molecule has 0 aliphatic carbocycles. The maximum atomic E-state index is 12.2. The molecule has 18 heavy (non-hydrogen) atoms. The van der Waals surface area contributed by atoms with Crippen molar-refractivity contribution in [3.63, 3.8) is 0 Å². The Morgan fingerprint density at radius 1 is 1.33 bits per heavy atom. The first kappa shape index (κ1) is 12.3. The summed E-state index contributed by atoms with van der Waals surface area (Å²) in [5.41, 5.74) is 0.444. The van der Waals surface area contributed by atoms with Gasteiger partial charge in [-0.15, -0.1) is 0 Å². The van der Waals surface area contributed by atoms with Gasteiger partial charge in [-0.25, -0.2) is 0 Å². The molecule has 1 atom stereocenters. The Hall–Kier alpha value is -2.11. The molecule has 6 nitrogen and oxygen atoms in total. The number of ether oxygens (including phenoxy) is 1. The van der Waals surface area contributed by atoms with Gasteiger partial charge in [-0.05, 0) is 6.92 Å². The monoisotopic (exact) mass is 250 g/mol. The zero-order valence-electron chi connectivity index (χ0n) is 10.7. The molecule has 96 valence electrons. The summed E-state index contributed by atoms with van der Waals surface area (Å²) in [5.74, 6) is -0.678. The van der Waals surface area contributed by atoms with Crippen molar-refractivity contribution >= 4 is 11.9 Å². The number of carbonyl (C=O) groups excluding carboxylic acids is 2. The van der Waals surface area contributed by atoms with Crippen LogP contribution in [-0.2, 0) is 11.8 Å². The first-order chi connectivity index (χ1) is 8.34. The zero-order valence-corrected chi connectivity index (χ0v) is 10.7. The minimum absolute atomic E-state index is 0.0853. The van der Waals surface area contributed by atoms with E-state index in [9.17, 15) is 14.4 Å². The van der Waals surface area contributed by atoms with Gasteiger partial charge in [0.1, 0.15) is 0 Å². The summed E-state index contributed by atoms with van der Waals surface area (Å²) < 4.78 is 6.16. The van der Waals surface area contributed by atoms with Crippen LogP contribution in [0, 0.1) is 0 Å². The number of aromatic nitrogens is 1. The van der Waals surface area contributed by atoms with Crippen molar-refractivity contribution in [2.24, 2.45) is 7.05 Å². The van der Waals surface area contributed by atoms with Crippen LogP contribution in [-0.4, -0.2) is 28.4 Å². The SMILES string of the molecule is CC(=O)Oc1cc2c(c(=O)n1C)[C@@H](C)N(C)C2=O. The van der Waals surface area contributed by atoms with Crippen LogP contribution in [0.1, 0.15) is 35.8 Å². The van der Waals surface area contributed by atoms with Crippen molar-refractivity contribution in [1.29, 1.82) is 0 Å². The van der Waals surface area contributed by atoms with Gasteiger partial charge in [0.05, 0.1) is 17.2 Å². The predicted octanol–water partition coefficient (Wildman–Crippen LogP) is 0.457. The van der Waals surface area contributed by atoms with Gasteiger partial charge >= 0.3 is 5.97 Å². The molecule has 0 radical (unpaired) electrons. The molecule has 2 rings (SSSR count). The molecule has 0 spiro atoms. The van der Waals surface area contributed by atoms with Gasteiger partial charge in [0.25, 0.3) is 11.5 Å². The first-order valence-corrected chi connectivity index (χ1v) is 5.54. The van der Waals surface area contributed by atoms with E-state index >= 15 is 0 Å². The van der Waals surface area contributed by atoms with Gasteiger partial charge < -0.3 is 9.64 Å². The molecule has 6 heteroatoms. The van der Waals surface area contributed by atoms with Crippen LogP contribution < -0.4 is 10.3 Å². The fourth-order valence-electron chi connectivity index (χ4n) is 2.08. The van der Waals surface area contributed by atoms with Gasteiger partial charge in [-0.3, -0.25) is 19.0 Å². The van der Waals surface area contributed by atoms with Crippen LogP contribution in [0.5, 0.6) is 5.88 Å². The van der Waals surface area contributed by atoms with Crippen molar-refractivity contribution < 1.29 is 14.3 Å². The van der Waals surface area contributed by atoms with E-state index in [4.69, 9.17) is 4.74 Å². The lowest BCUT2D eigenvalue weighted by molar-refractivity contribution is -0.132. The molecule has 0 saturated heterocycles. The molecular weight excluding hydrogens is 236 g/mol. The Balaban J connectivity index is 2.67. The topological polar surface area (TPSA) is 68.6 Å². The van der Waals surface area contributed by atoms with Crippen molar-refractivity contribution in [2.75, 3.05) is 7.05 Å².